The van der Waals surface area contributed by atoms with Crippen LogP contribution >= 0.6 is 11.6 Å². The topological polar surface area (TPSA) is 35.5 Å². The van der Waals surface area contributed by atoms with Gasteiger partial charge in [-0.15, -0.1) is 0 Å². The molecule has 0 bridgehead atoms. The highest BCUT2D eigenvalue weighted by atomic mass is 35.5. The van der Waals surface area contributed by atoms with Gasteiger partial charge in [-0.2, -0.15) is 0 Å². The zero-order chi connectivity index (χ0) is 12.0. The molecule has 3 nitrogen and oxygen atoms in total. The van der Waals surface area contributed by atoms with Gasteiger partial charge in [0.15, 0.2) is 18.1 Å². The van der Waals surface area contributed by atoms with Gasteiger partial charge in [0.1, 0.15) is 0 Å². The molecule has 0 heterocycles. The van der Waals surface area contributed by atoms with Crippen LogP contribution in [0.15, 0.2) is 18.2 Å². The van der Waals surface area contributed by atoms with Crippen molar-refractivity contribution in [3.63, 3.8) is 0 Å². The first-order valence-electron chi connectivity index (χ1n) is 5.15. The van der Waals surface area contributed by atoms with Gasteiger partial charge in [-0.1, -0.05) is 19.4 Å². The molecule has 0 unspecified atom stereocenters. The van der Waals surface area contributed by atoms with Crippen LogP contribution in [-0.4, -0.2) is 19.0 Å². The Hall–Kier alpha value is -1.22. The molecule has 1 aromatic carbocycles. The average molecular weight is 243 g/mol. The highest BCUT2D eigenvalue weighted by Crippen LogP contribution is 2.28. The molecule has 16 heavy (non-hydrogen) atoms. The van der Waals surface area contributed by atoms with Crippen LogP contribution in [0.4, 0.5) is 0 Å². The Morgan fingerprint density at radius 1 is 1.38 bits per heavy atom. The minimum atomic E-state index is -0.528. The van der Waals surface area contributed by atoms with Gasteiger partial charge in [0.25, 0.3) is 5.24 Å². The molecular weight excluding hydrogens is 228 g/mol. The van der Waals surface area contributed by atoms with E-state index in [1.807, 2.05) is 12.1 Å². The maximum atomic E-state index is 10.6. The third-order valence-electron chi connectivity index (χ3n) is 2.11. The summed E-state index contributed by atoms with van der Waals surface area (Å²) in [6, 6.07) is 5.67. The van der Waals surface area contributed by atoms with E-state index in [-0.39, 0.29) is 6.61 Å². The normalized spacial score (nSPS) is 9.94. The zero-order valence-electron chi connectivity index (χ0n) is 9.46. The lowest BCUT2D eigenvalue weighted by atomic mass is 10.1. The molecule has 1 aromatic rings. The van der Waals surface area contributed by atoms with E-state index in [9.17, 15) is 4.79 Å². The van der Waals surface area contributed by atoms with Gasteiger partial charge in [-0.3, -0.25) is 4.79 Å². The lowest BCUT2D eigenvalue weighted by Crippen LogP contribution is -2.05. The maximum Gasteiger partial charge on any atom is 0.259 e. The van der Waals surface area contributed by atoms with Crippen molar-refractivity contribution in [3.8, 4) is 11.5 Å². The third-order valence-corrected chi connectivity index (χ3v) is 2.22. The highest BCUT2D eigenvalue weighted by Gasteiger charge is 2.06. The number of hydrogen-bond acceptors (Lipinski definition) is 3. The molecule has 0 saturated carbocycles. The number of carbonyl (C=O) groups is 1. The van der Waals surface area contributed by atoms with Crippen molar-refractivity contribution >= 4 is 16.8 Å². The van der Waals surface area contributed by atoms with E-state index >= 15 is 0 Å². The quantitative estimate of drug-likeness (QED) is 0.720. The predicted molar refractivity (Wildman–Crippen MR) is 63.3 cm³/mol. The molecule has 0 radical (unpaired) electrons. The molecule has 88 valence electrons. The molecule has 4 heteroatoms. The summed E-state index contributed by atoms with van der Waals surface area (Å²) in [7, 11) is 1.57. The molecule has 0 aliphatic carbocycles. The van der Waals surface area contributed by atoms with E-state index < -0.39 is 5.24 Å². The second-order valence-electron chi connectivity index (χ2n) is 3.38. The van der Waals surface area contributed by atoms with E-state index in [1.54, 1.807) is 13.2 Å². The van der Waals surface area contributed by atoms with Crippen molar-refractivity contribution in [1.82, 2.24) is 0 Å². The highest BCUT2D eigenvalue weighted by molar-refractivity contribution is 6.63. The first-order valence-corrected chi connectivity index (χ1v) is 5.53. The molecule has 0 atom stereocenters. The first kappa shape index (κ1) is 12.8. The lowest BCUT2D eigenvalue weighted by molar-refractivity contribution is -0.113. The molecule has 0 aliphatic heterocycles. The van der Waals surface area contributed by atoms with Crippen LogP contribution in [0.3, 0.4) is 0 Å². The van der Waals surface area contributed by atoms with E-state index in [0.717, 1.165) is 12.8 Å². The second kappa shape index (κ2) is 6.38. The number of hydrogen-bond donors (Lipinski definition) is 0. The fraction of sp³-hybridized carbons (Fsp3) is 0.417. The van der Waals surface area contributed by atoms with Gasteiger partial charge in [-0.05, 0) is 35.7 Å². The van der Waals surface area contributed by atoms with Crippen LogP contribution in [0, 0.1) is 0 Å². The van der Waals surface area contributed by atoms with Gasteiger partial charge in [0.05, 0.1) is 7.11 Å². The standard InChI is InChI=1S/C12H15ClO3/c1-3-4-9-5-6-10(11(7-9)15-2)16-8-12(13)14/h5-7H,3-4,8H2,1-2H3. The van der Waals surface area contributed by atoms with Crippen molar-refractivity contribution in [2.75, 3.05) is 13.7 Å². The van der Waals surface area contributed by atoms with Crippen molar-refractivity contribution < 1.29 is 14.3 Å². The van der Waals surface area contributed by atoms with Gasteiger partial charge in [-0.25, -0.2) is 0 Å². The summed E-state index contributed by atoms with van der Waals surface area (Å²) >= 11 is 5.20. The number of halogens is 1. The van der Waals surface area contributed by atoms with E-state index in [4.69, 9.17) is 21.1 Å². The lowest BCUT2D eigenvalue weighted by Gasteiger charge is -2.10. The average Bonchev–Trinajstić information content (AvgIpc) is 2.27. The molecule has 0 aliphatic rings. The van der Waals surface area contributed by atoms with Gasteiger partial charge in [0.2, 0.25) is 0 Å². The van der Waals surface area contributed by atoms with Crippen LogP contribution in [0.2, 0.25) is 0 Å². The van der Waals surface area contributed by atoms with Crippen molar-refractivity contribution in [3.05, 3.63) is 23.8 Å². The molecule has 0 N–H and O–H groups in total. The monoisotopic (exact) mass is 242 g/mol. The summed E-state index contributed by atoms with van der Waals surface area (Å²) in [6.45, 7) is 1.97. The third kappa shape index (κ3) is 3.74. The Bertz CT molecular complexity index is 363. The number of benzene rings is 1. The van der Waals surface area contributed by atoms with E-state index in [1.165, 1.54) is 5.56 Å². The first-order chi connectivity index (χ1) is 7.67. The van der Waals surface area contributed by atoms with E-state index in [2.05, 4.69) is 6.92 Å². The molecule has 0 saturated heterocycles. The molecule has 0 aromatic heterocycles. The smallest absolute Gasteiger partial charge is 0.259 e. The predicted octanol–water partition coefficient (Wildman–Crippen LogP) is 2.79. The van der Waals surface area contributed by atoms with Gasteiger partial charge in [0, 0.05) is 0 Å². The zero-order valence-corrected chi connectivity index (χ0v) is 10.2. The summed E-state index contributed by atoms with van der Waals surface area (Å²) in [5.41, 5.74) is 1.18. The fourth-order valence-electron chi connectivity index (χ4n) is 1.41. The maximum absolute atomic E-state index is 10.6. The summed E-state index contributed by atoms with van der Waals surface area (Å²) < 4.78 is 10.4. The van der Waals surface area contributed by atoms with E-state index in [0.29, 0.717) is 11.5 Å². The number of ether oxygens (including phenoxy) is 2. The summed E-state index contributed by atoms with van der Waals surface area (Å²) in [5, 5.41) is -0.528. The SMILES string of the molecule is CCCc1ccc(OCC(=O)Cl)c(OC)c1. The van der Waals surface area contributed by atoms with Crippen LogP contribution in [0.5, 0.6) is 11.5 Å². The Kier molecular flexibility index (Phi) is 5.12. The number of methoxy groups -OCH3 is 1. The van der Waals surface area contributed by atoms with Gasteiger partial charge >= 0.3 is 0 Å². The number of rotatable bonds is 6. The minimum Gasteiger partial charge on any atom is -0.493 e. The van der Waals surface area contributed by atoms with Crippen molar-refractivity contribution in [1.29, 1.82) is 0 Å². The number of aryl methyl sites for hydroxylation is 1. The Morgan fingerprint density at radius 3 is 2.69 bits per heavy atom. The Morgan fingerprint density at radius 2 is 2.12 bits per heavy atom. The van der Waals surface area contributed by atoms with Crippen LogP contribution in [0.25, 0.3) is 0 Å². The second-order valence-corrected chi connectivity index (χ2v) is 3.80. The molecule has 1 rings (SSSR count). The molecular formula is C12H15ClO3. The Balaban J connectivity index is 2.80. The summed E-state index contributed by atoms with van der Waals surface area (Å²) in [5.74, 6) is 1.17. The largest absolute Gasteiger partial charge is 0.493 e. The number of carbonyl (C=O) groups excluding carboxylic acids is 1. The molecule has 0 spiro atoms. The summed E-state index contributed by atoms with van der Waals surface area (Å²) in [4.78, 5) is 10.6. The molecule has 0 fully saturated rings. The summed E-state index contributed by atoms with van der Waals surface area (Å²) in [6.07, 6.45) is 2.06. The van der Waals surface area contributed by atoms with Crippen LogP contribution in [-0.2, 0) is 11.2 Å². The molecule has 0 amide bonds. The van der Waals surface area contributed by atoms with Crippen molar-refractivity contribution in [2.45, 2.75) is 19.8 Å². The van der Waals surface area contributed by atoms with Crippen molar-refractivity contribution in [2.24, 2.45) is 0 Å². The minimum absolute atomic E-state index is 0.148. The van der Waals surface area contributed by atoms with Crippen LogP contribution in [0.1, 0.15) is 18.9 Å². The Labute approximate surface area is 100 Å². The fourth-order valence-corrected chi connectivity index (χ4v) is 1.46. The van der Waals surface area contributed by atoms with Gasteiger partial charge < -0.3 is 9.47 Å². The van der Waals surface area contributed by atoms with Crippen LogP contribution < -0.4 is 9.47 Å².